The molecule has 2 rings (SSSR count). The molecular weight excluding hydrogens is 288 g/mol. The molecule has 1 saturated carbocycles. The van der Waals surface area contributed by atoms with E-state index in [0.29, 0.717) is 5.92 Å². The fourth-order valence-electron chi connectivity index (χ4n) is 3.38. The van der Waals surface area contributed by atoms with Crippen LogP contribution in [0.25, 0.3) is 0 Å². The highest BCUT2D eigenvalue weighted by molar-refractivity contribution is 5.26. The molecule has 3 atom stereocenters. The molecule has 1 aromatic carbocycles. The molecule has 3 unspecified atom stereocenters. The molecular formula is C24H42. The van der Waals surface area contributed by atoms with Crippen LogP contribution in [0.2, 0.25) is 0 Å². The summed E-state index contributed by atoms with van der Waals surface area (Å²) in [6, 6.07) is 9.25. The summed E-state index contributed by atoms with van der Waals surface area (Å²) in [6.45, 7) is 19.0. The Morgan fingerprint density at radius 1 is 1.08 bits per heavy atom. The molecule has 0 radical (unpaired) electrons. The summed E-state index contributed by atoms with van der Waals surface area (Å²) in [4.78, 5) is 0. The zero-order valence-corrected chi connectivity index (χ0v) is 17.4. The summed E-state index contributed by atoms with van der Waals surface area (Å²) < 4.78 is 0. The maximum Gasteiger partial charge on any atom is -0.0159 e. The summed E-state index contributed by atoms with van der Waals surface area (Å²) in [7, 11) is 0. The zero-order chi connectivity index (χ0) is 18.5. The highest BCUT2D eigenvalue weighted by Crippen LogP contribution is 2.37. The lowest BCUT2D eigenvalue weighted by atomic mass is 9.95. The van der Waals surface area contributed by atoms with Crippen molar-refractivity contribution in [1.82, 2.24) is 0 Å². The van der Waals surface area contributed by atoms with Gasteiger partial charge in [-0.15, -0.1) is 6.58 Å². The lowest BCUT2D eigenvalue weighted by Gasteiger charge is -2.10. The molecule has 1 aromatic rings. The van der Waals surface area contributed by atoms with Crippen LogP contribution in [0.1, 0.15) is 91.2 Å². The Hall–Kier alpha value is -1.04. The van der Waals surface area contributed by atoms with Crippen LogP contribution in [0.4, 0.5) is 0 Å². The van der Waals surface area contributed by atoms with E-state index >= 15 is 0 Å². The third kappa shape index (κ3) is 9.30. The second-order valence-corrected chi connectivity index (χ2v) is 7.55. The lowest BCUT2D eigenvalue weighted by Crippen LogP contribution is -1.94. The van der Waals surface area contributed by atoms with E-state index in [-0.39, 0.29) is 0 Å². The van der Waals surface area contributed by atoms with E-state index in [1.165, 1.54) is 31.2 Å². The topological polar surface area (TPSA) is 0 Å². The summed E-state index contributed by atoms with van der Waals surface area (Å²) in [6.07, 6.45) is 8.64. The Kier molecular flexibility index (Phi) is 12.7. The van der Waals surface area contributed by atoms with E-state index in [4.69, 9.17) is 0 Å². The number of hydrogen-bond donors (Lipinski definition) is 0. The molecule has 0 N–H and O–H groups in total. The molecule has 0 heterocycles. The first-order valence-electron chi connectivity index (χ1n) is 10.2. The fourth-order valence-corrected chi connectivity index (χ4v) is 3.38. The van der Waals surface area contributed by atoms with E-state index in [0.717, 1.165) is 24.2 Å². The zero-order valence-electron chi connectivity index (χ0n) is 17.4. The van der Waals surface area contributed by atoms with Crippen LogP contribution in [-0.4, -0.2) is 0 Å². The summed E-state index contributed by atoms with van der Waals surface area (Å²) in [5.41, 5.74) is 3.02. The summed E-state index contributed by atoms with van der Waals surface area (Å²) in [5, 5.41) is 0. The van der Waals surface area contributed by atoms with Gasteiger partial charge in [-0.3, -0.25) is 0 Å². The van der Waals surface area contributed by atoms with Crippen molar-refractivity contribution in [2.24, 2.45) is 17.8 Å². The minimum absolute atomic E-state index is 0.690. The average Bonchev–Trinajstić information content (AvgIpc) is 3.03. The molecule has 1 aliphatic rings. The van der Waals surface area contributed by atoms with Crippen molar-refractivity contribution < 1.29 is 0 Å². The number of rotatable bonds is 5. The molecule has 0 nitrogen and oxygen atoms in total. The molecule has 0 heteroatoms. The van der Waals surface area contributed by atoms with Gasteiger partial charge in [0, 0.05) is 0 Å². The van der Waals surface area contributed by atoms with Crippen LogP contribution in [0.15, 0.2) is 36.9 Å². The van der Waals surface area contributed by atoms with Crippen molar-refractivity contribution in [3.63, 3.8) is 0 Å². The molecule has 0 bridgehead atoms. The summed E-state index contributed by atoms with van der Waals surface area (Å²) >= 11 is 0. The van der Waals surface area contributed by atoms with E-state index in [2.05, 4.69) is 65.5 Å². The molecule has 1 aliphatic carbocycles. The van der Waals surface area contributed by atoms with Gasteiger partial charge in [-0.2, -0.15) is 0 Å². The highest BCUT2D eigenvalue weighted by Gasteiger charge is 2.22. The van der Waals surface area contributed by atoms with Gasteiger partial charge in [0.1, 0.15) is 0 Å². The third-order valence-corrected chi connectivity index (χ3v) is 4.80. The van der Waals surface area contributed by atoms with Gasteiger partial charge in [-0.05, 0) is 60.5 Å². The Morgan fingerprint density at radius 3 is 2.00 bits per heavy atom. The number of aryl methyl sites for hydroxylation is 1. The van der Waals surface area contributed by atoms with Crippen LogP contribution in [0.5, 0.6) is 0 Å². The van der Waals surface area contributed by atoms with Gasteiger partial charge in [0.05, 0.1) is 0 Å². The summed E-state index contributed by atoms with van der Waals surface area (Å²) in [5.74, 6) is 3.28. The fraction of sp³-hybridized carbons (Fsp3) is 0.667. The Morgan fingerprint density at radius 2 is 1.67 bits per heavy atom. The molecule has 24 heavy (non-hydrogen) atoms. The van der Waals surface area contributed by atoms with Gasteiger partial charge in [-0.25, -0.2) is 0 Å². The standard InChI is InChI=1S/C14H20.C8H16.C2H6/c1-3-12-5-8-13(9-6-12)14-7-4-11(2)10-14;1-5-8(4)6-7(2)3;1-2/h5-6,8-9,11,14H,3-4,7,10H2,1-2H3;5,7-8H,1,6H2,2-4H3;1-2H3. The van der Waals surface area contributed by atoms with E-state index in [1.807, 2.05) is 19.9 Å². The van der Waals surface area contributed by atoms with Crippen molar-refractivity contribution in [3.05, 3.63) is 48.0 Å². The molecule has 0 spiro atoms. The van der Waals surface area contributed by atoms with Crippen molar-refractivity contribution >= 4 is 0 Å². The van der Waals surface area contributed by atoms with Crippen molar-refractivity contribution in [1.29, 1.82) is 0 Å². The molecule has 0 aromatic heterocycles. The molecule has 138 valence electrons. The molecule has 1 fully saturated rings. The van der Waals surface area contributed by atoms with Gasteiger partial charge in [-0.1, -0.05) is 85.2 Å². The van der Waals surface area contributed by atoms with Crippen LogP contribution < -0.4 is 0 Å². The monoisotopic (exact) mass is 330 g/mol. The van der Waals surface area contributed by atoms with Gasteiger partial charge in [0.2, 0.25) is 0 Å². The number of allylic oxidation sites excluding steroid dienone is 1. The lowest BCUT2D eigenvalue weighted by molar-refractivity contribution is 0.503. The normalized spacial score (nSPS) is 20.5. The first-order valence-corrected chi connectivity index (χ1v) is 10.2. The molecule has 0 saturated heterocycles. The van der Waals surface area contributed by atoms with Gasteiger partial charge >= 0.3 is 0 Å². The van der Waals surface area contributed by atoms with Crippen LogP contribution in [-0.2, 0) is 6.42 Å². The SMILES string of the molecule is C=CC(C)CC(C)C.CC.CCc1ccc(C2CCC(C)C2)cc1. The smallest absolute Gasteiger partial charge is 0.0159 e. The van der Waals surface area contributed by atoms with Crippen LogP contribution in [0, 0.1) is 17.8 Å². The van der Waals surface area contributed by atoms with Crippen molar-refractivity contribution in [2.75, 3.05) is 0 Å². The maximum absolute atomic E-state index is 3.71. The second kappa shape index (κ2) is 13.3. The van der Waals surface area contributed by atoms with E-state index < -0.39 is 0 Å². The quantitative estimate of drug-likeness (QED) is 0.479. The van der Waals surface area contributed by atoms with E-state index in [9.17, 15) is 0 Å². The van der Waals surface area contributed by atoms with Gasteiger partial charge < -0.3 is 0 Å². The largest absolute Gasteiger partial charge is 0.103 e. The van der Waals surface area contributed by atoms with Crippen LogP contribution in [0.3, 0.4) is 0 Å². The highest BCUT2D eigenvalue weighted by atomic mass is 14.3. The van der Waals surface area contributed by atoms with E-state index in [1.54, 1.807) is 5.56 Å². The van der Waals surface area contributed by atoms with Gasteiger partial charge in [0.15, 0.2) is 0 Å². The number of hydrogen-bond acceptors (Lipinski definition) is 0. The van der Waals surface area contributed by atoms with Crippen molar-refractivity contribution in [2.45, 2.75) is 86.5 Å². The predicted molar refractivity (Wildman–Crippen MR) is 112 cm³/mol. The minimum atomic E-state index is 0.690. The first kappa shape index (κ1) is 23.0. The third-order valence-electron chi connectivity index (χ3n) is 4.80. The Labute approximate surface area is 152 Å². The second-order valence-electron chi connectivity index (χ2n) is 7.55. The Balaban J connectivity index is 0.000000456. The maximum atomic E-state index is 3.71. The van der Waals surface area contributed by atoms with Gasteiger partial charge in [0.25, 0.3) is 0 Å². The minimum Gasteiger partial charge on any atom is -0.103 e. The molecule has 0 aliphatic heterocycles. The Bertz CT molecular complexity index is 412. The average molecular weight is 331 g/mol. The predicted octanol–water partition coefficient (Wildman–Crippen LogP) is 8.03. The van der Waals surface area contributed by atoms with Crippen LogP contribution >= 0.6 is 0 Å². The molecule has 0 amide bonds. The van der Waals surface area contributed by atoms with Crippen molar-refractivity contribution in [3.8, 4) is 0 Å². The first-order chi connectivity index (χ1) is 11.5. The number of benzene rings is 1.